The number of carbonyl (C=O) groups is 1. The molecule has 1 N–H and O–H groups in total. The molecule has 0 spiro atoms. The van der Waals surface area contributed by atoms with E-state index >= 15 is 0 Å². The van der Waals surface area contributed by atoms with Crippen LogP contribution >= 0.6 is 11.3 Å². The van der Waals surface area contributed by atoms with Crippen LogP contribution in [0.25, 0.3) is 22.2 Å². The van der Waals surface area contributed by atoms with E-state index in [0.29, 0.717) is 10.7 Å². The minimum absolute atomic E-state index is 0.136. The molecular formula is C24H21N3OS. The van der Waals surface area contributed by atoms with E-state index in [4.69, 9.17) is 4.98 Å². The van der Waals surface area contributed by atoms with Gasteiger partial charge in [0.1, 0.15) is 0 Å². The molecule has 0 saturated heterocycles. The molecule has 0 atom stereocenters. The topological polar surface area (TPSA) is 54.9 Å². The second-order valence-electron chi connectivity index (χ2n) is 7.49. The number of para-hydroxylation sites is 1. The van der Waals surface area contributed by atoms with Crippen molar-refractivity contribution in [1.82, 2.24) is 9.97 Å². The normalized spacial score (nSPS) is 13.3. The second-order valence-corrected chi connectivity index (χ2v) is 8.57. The van der Waals surface area contributed by atoms with Gasteiger partial charge in [0.25, 0.3) is 5.91 Å². The second kappa shape index (κ2) is 7.41. The third-order valence-corrected chi connectivity index (χ3v) is 6.45. The van der Waals surface area contributed by atoms with Crippen molar-refractivity contribution in [2.75, 3.05) is 5.32 Å². The summed E-state index contributed by atoms with van der Waals surface area (Å²) in [5, 5.41) is 4.58. The summed E-state index contributed by atoms with van der Waals surface area (Å²) < 4.78 is 0. The maximum atomic E-state index is 13.2. The lowest BCUT2D eigenvalue weighted by molar-refractivity contribution is 0.102. The summed E-state index contributed by atoms with van der Waals surface area (Å²) in [6, 6.07) is 17.9. The molecule has 29 heavy (non-hydrogen) atoms. The van der Waals surface area contributed by atoms with E-state index in [0.717, 1.165) is 40.7 Å². The van der Waals surface area contributed by atoms with E-state index in [1.807, 2.05) is 42.5 Å². The van der Waals surface area contributed by atoms with E-state index in [9.17, 15) is 4.79 Å². The Morgan fingerprint density at radius 1 is 1.00 bits per heavy atom. The number of rotatable bonds is 3. The van der Waals surface area contributed by atoms with Crippen LogP contribution in [-0.4, -0.2) is 15.9 Å². The number of hydrogen-bond acceptors (Lipinski definition) is 4. The lowest BCUT2D eigenvalue weighted by Crippen LogP contribution is -2.13. The number of aromatic nitrogens is 2. The number of anilines is 1. The molecule has 0 unspecified atom stereocenters. The summed E-state index contributed by atoms with van der Waals surface area (Å²) in [6.45, 7) is 2.06. The van der Waals surface area contributed by atoms with Gasteiger partial charge in [-0.1, -0.05) is 48.0 Å². The highest BCUT2D eigenvalue weighted by molar-refractivity contribution is 7.15. The molecule has 2 aromatic heterocycles. The van der Waals surface area contributed by atoms with Gasteiger partial charge in [0, 0.05) is 15.8 Å². The standard InChI is InChI=1S/C24H21N3OS/c1-15-10-12-16(13-11-15)21-14-18(17-6-2-3-7-19(17)25-21)23(28)27-24-26-20-8-4-5-9-22(20)29-24/h2-3,6-7,10-14H,4-5,8-9H2,1H3,(H,26,27,28). The molecule has 2 heterocycles. The first kappa shape index (κ1) is 18.0. The van der Waals surface area contributed by atoms with E-state index in [-0.39, 0.29) is 5.91 Å². The first-order chi connectivity index (χ1) is 14.2. The predicted molar refractivity (Wildman–Crippen MR) is 119 cm³/mol. The predicted octanol–water partition coefficient (Wildman–Crippen LogP) is 5.80. The van der Waals surface area contributed by atoms with Crippen molar-refractivity contribution in [3.63, 3.8) is 0 Å². The maximum absolute atomic E-state index is 13.2. The molecule has 0 aliphatic heterocycles. The fourth-order valence-corrected chi connectivity index (χ4v) is 4.85. The Hall–Kier alpha value is -3.05. The highest BCUT2D eigenvalue weighted by Crippen LogP contribution is 2.31. The zero-order valence-electron chi connectivity index (χ0n) is 16.2. The fraction of sp³-hybridized carbons (Fsp3) is 0.208. The third-order valence-electron chi connectivity index (χ3n) is 5.37. The number of pyridine rings is 1. The van der Waals surface area contributed by atoms with Gasteiger partial charge in [-0.15, -0.1) is 11.3 Å². The number of carbonyl (C=O) groups excluding carboxylic acids is 1. The monoisotopic (exact) mass is 399 g/mol. The third kappa shape index (κ3) is 3.54. The first-order valence-corrected chi connectivity index (χ1v) is 10.8. The van der Waals surface area contributed by atoms with E-state index in [1.165, 1.54) is 23.3 Å². The maximum Gasteiger partial charge on any atom is 0.258 e. The summed E-state index contributed by atoms with van der Waals surface area (Å²) in [5.41, 5.74) is 5.58. The number of fused-ring (bicyclic) bond motifs is 2. The van der Waals surface area contributed by atoms with Gasteiger partial charge in [-0.25, -0.2) is 9.97 Å². The number of hydrogen-bond donors (Lipinski definition) is 1. The Labute approximate surface area is 173 Å². The van der Waals surface area contributed by atoms with Crippen LogP contribution in [-0.2, 0) is 12.8 Å². The molecule has 1 aliphatic carbocycles. The van der Waals surface area contributed by atoms with Gasteiger partial charge in [-0.05, 0) is 44.7 Å². The van der Waals surface area contributed by atoms with Crippen molar-refractivity contribution >= 4 is 33.3 Å². The van der Waals surface area contributed by atoms with Crippen LogP contribution in [0.4, 0.5) is 5.13 Å². The number of nitrogens with zero attached hydrogens (tertiary/aromatic N) is 2. The molecule has 4 aromatic rings. The van der Waals surface area contributed by atoms with Crippen LogP contribution in [0.15, 0.2) is 54.6 Å². The highest BCUT2D eigenvalue weighted by Gasteiger charge is 2.19. The Kier molecular flexibility index (Phi) is 4.60. The summed E-state index contributed by atoms with van der Waals surface area (Å²) >= 11 is 1.61. The van der Waals surface area contributed by atoms with Crippen LogP contribution in [0.1, 0.15) is 39.3 Å². The van der Waals surface area contributed by atoms with Crippen molar-refractivity contribution in [2.24, 2.45) is 0 Å². The van der Waals surface area contributed by atoms with Crippen molar-refractivity contribution in [3.05, 3.63) is 76.3 Å². The molecule has 0 saturated carbocycles. The number of nitrogens with one attached hydrogen (secondary N) is 1. The fourth-order valence-electron chi connectivity index (χ4n) is 3.81. The number of amides is 1. The Bertz CT molecular complexity index is 1190. The molecule has 1 amide bonds. The molecule has 0 fully saturated rings. The Balaban J connectivity index is 1.54. The molecule has 2 aromatic carbocycles. The van der Waals surface area contributed by atoms with Crippen molar-refractivity contribution in [2.45, 2.75) is 32.6 Å². The first-order valence-electron chi connectivity index (χ1n) is 9.94. The molecular weight excluding hydrogens is 378 g/mol. The molecule has 4 nitrogen and oxygen atoms in total. The minimum Gasteiger partial charge on any atom is -0.298 e. The summed E-state index contributed by atoms with van der Waals surface area (Å²) in [5.74, 6) is -0.136. The molecule has 0 radical (unpaired) electrons. The number of benzene rings is 2. The number of thiazole rings is 1. The van der Waals surface area contributed by atoms with E-state index in [1.54, 1.807) is 11.3 Å². The molecule has 5 rings (SSSR count). The van der Waals surface area contributed by atoms with Crippen molar-refractivity contribution < 1.29 is 4.79 Å². The van der Waals surface area contributed by atoms with Crippen LogP contribution in [0, 0.1) is 6.92 Å². The Morgan fingerprint density at radius 3 is 2.62 bits per heavy atom. The van der Waals surface area contributed by atoms with Gasteiger partial charge in [0.15, 0.2) is 5.13 Å². The van der Waals surface area contributed by atoms with E-state index < -0.39 is 0 Å². The number of aryl methyl sites for hydroxylation is 3. The quantitative estimate of drug-likeness (QED) is 0.474. The molecule has 1 aliphatic rings. The minimum atomic E-state index is -0.136. The van der Waals surface area contributed by atoms with Gasteiger partial charge < -0.3 is 0 Å². The van der Waals surface area contributed by atoms with Crippen LogP contribution < -0.4 is 5.32 Å². The average Bonchev–Trinajstić information content (AvgIpc) is 3.15. The van der Waals surface area contributed by atoms with Crippen LogP contribution in [0.2, 0.25) is 0 Å². The Morgan fingerprint density at radius 2 is 1.79 bits per heavy atom. The molecule has 144 valence electrons. The van der Waals surface area contributed by atoms with Gasteiger partial charge in [-0.3, -0.25) is 10.1 Å². The molecule has 5 heteroatoms. The van der Waals surface area contributed by atoms with Gasteiger partial charge in [-0.2, -0.15) is 0 Å². The average molecular weight is 400 g/mol. The van der Waals surface area contributed by atoms with Crippen LogP contribution in [0.3, 0.4) is 0 Å². The van der Waals surface area contributed by atoms with Gasteiger partial charge in [0.2, 0.25) is 0 Å². The van der Waals surface area contributed by atoms with Gasteiger partial charge >= 0.3 is 0 Å². The zero-order valence-corrected chi connectivity index (χ0v) is 17.1. The zero-order chi connectivity index (χ0) is 19.8. The lowest BCUT2D eigenvalue weighted by Gasteiger charge is -2.10. The smallest absolute Gasteiger partial charge is 0.258 e. The SMILES string of the molecule is Cc1ccc(-c2cc(C(=O)Nc3nc4c(s3)CCCC4)c3ccccc3n2)cc1. The summed E-state index contributed by atoms with van der Waals surface area (Å²) in [4.78, 5) is 24.0. The summed E-state index contributed by atoms with van der Waals surface area (Å²) in [7, 11) is 0. The largest absolute Gasteiger partial charge is 0.298 e. The summed E-state index contributed by atoms with van der Waals surface area (Å²) in [6.07, 6.45) is 4.46. The lowest BCUT2D eigenvalue weighted by atomic mass is 10.0. The van der Waals surface area contributed by atoms with Gasteiger partial charge in [0.05, 0.1) is 22.5 Å². The van der Waals surface area contributed by atoms with Crippen molar-refractivity contribution in [1.29, 1.82) is 0 Å². The highest BCUT2D eigenvalue weighted by atomic mass is 32.1. The van der Waals surface area contributed by atoms with E-state index in [2.05, 4.69) is 29.4 Å². The van der Waals surface area contributed by atoms with Crippen LogP contribution in [0.5, 0.6) is 0 Å². The molecule has 0 bridgehead atoms. The van der Waals surface area contributed by atoms with Crippen molar-refractivity contribution in [3.8, 4) is 11.3 Å².